The minimum atomic E-state index is 0.0140. The second-order valence-electron chi connectivity index (χ2n) is 7.08. The summed E-state index contributed by atoms with van der Waals surface area (Å²) in [6.45, 7) is 2.62. The quantitative estimate of drug-likeness (QED) is 0.286. The van der Waals surface area contributed by atoms with E-state index in [4.69, 9.17) is 16.0 Å². The van der Waals surface area contributed by atoms with E-state index in [0.717, 1.165) is 35.2 Å². The zero-order valence-corrected chi connectivity index (χ0v) is 18.1. The zero-order valence-electron chi connectivity index (χ0n) is 16.5. The first-order valence-electron chi connectivity index (χ1n) is 9.74. The van der Waals surface area contributed by atoms with Crippen molar-refractivity contribution in [2.75, 3.05) is 5.75 Å². The van der Waals surface area contributed by atoms with E-state index in [1.807, 2.05) is 49.4 Å². The lowest BCUT2D eigenvalue weighted by Crippen LogP contribution is -2.20. The average Bonchev–Trinajstić information content (AvgIpc) is 3.18. The molecule has 2 aromatic heterocycles. The summed E-state index contributed by atoms with van der Waals surface area (Å²) in [7, 11) is 0. The summed E-state index contributed by atoms with van der Waals surface area (Å²) in [5.41, 5.74) is 2.89. The standard InChI is InChI=1S/C22H21ClN4O2S/c1-15-4-9-19-18(12-15)21(28)27(14-24-19)10-2-3-11-30-22-26-25-20(29-22)13-16-5-7-17(23)8-6-16/h4-9,12,14H,2-3,10-11,13H2,1H3. The van der Waals surface area contributed by atoms with Crippen molar-refractivity contribution < 1.29 is 4.42 Å². The molecule has 0 fully saturated rings. The van der Waals surface area contributed by atoms with Crippen molar-refractivity contribution in [3.8, 4) is 0 Å². The molecule has 4 aromatic rings. The van der Waals surface area contributed by atoms with Crippen molar-refractivity contribution in [3.63, 3.8) is 0 Å². The number of benzene rings is 2. The van der Waals surface area contributed by atoms with Crippen molar-refractivity contribution in [1.29, 1.82) is 0 Å². The number of unbranched alkanes of at least 4 members (excludes halogenated alkanes) is 1. The Balaban J connectivity index is 1.25. The maximum absolute atomic E-state index is 12.6. The Bertz CT molecular complexity index is 1200. The van der Waals surface area contributed by atoms with Gasteiger partial charge >= 0.3 is 0 Å². The van der Waals surface area contributed by atoms with Crippen molar-refractivity contribution >= 4 is 34.3 Å². The fourth-order valence-electron chi connectivity index (χ4n) is 3.12. The number of aromatic nitrogens is 4. The van der Waals surface area contributed by atoms with Crippen molar-refractivity contribution in [2.45, 2.75) is 38.0 Å². The first-order chi connectivity index (χ1) is 14.6. The fraction of sp³-hybridized carbons (Fsp3) is 0.273. The molecule has 6 nitrogen and oxygen atoms in total. The van der Waals surface area contributed by atoms with Crippen LogP contribution in [0, 0.1) is 6.92 Å². The van der Waals surface area contributed by atoms with Gasteiger partial charge in [0.25, 0.3) is 10.8 Å². The molecule has 0 aliphatic heterocycles. The van der Waals surface area contributed by atoms with Gasteiger partial charge in [-0.25, -0.2) is 4.98 Å². The van der Waals surface area contributed by atoms with E-state index in [-0.39, 0.29) is 5.56 Å². The van der Waals surface area contributed by atoms with Crippen LogP contribution in [-0.4, -0.2) is 25.5 Å². The highest BCUT2D eigenvalue weighted by Gasteiger charge is 2.08. The summed E-state index contributed by atoms with van der Waals surface area (Å²) in [5.74, 6) is 1.43. The molecular formula is C22H21ClN4O2S. The van der Waals surface area contributed by atoms with Gasteiger partial charge in [0.1, 0.15) is 0 Å². The Morgan fingerprint density at radius 3 is 2.77 bits per heavy atom. The molecule has 2 aromatic carbocycles. The molecular weight excluding hydrogens is 420 g/mol. The summed E-state index contributed by atoms with van der Waals surface area (Å²) in [6, 6.07) is 13.3. The molecule has 0 bridgehead atoms. The number of hydrogen-bond acceptors (Lipinski definition) is 6. The molecule has 0 aliphatic rings. The molecule has 0 radical (unpaired) electrons. The molecule has 2 heterocycles. The molecule has 0 saturated carbocycles. The SMILES string of the molecule is Cc1ccc2ncn(CCCCSc3nnc(Cc4ccc(Cl)cc4)o3)c(=O)c2c1. The number of nitrogens with zero attached hydrogens (tertiary/aromatic N) is 4. The van der Waals surface area contributed by atoms with Crippen LogP contribution < -0.4 is 5.56 Å². The Morgan fingerprint density at radius 2 is 1.93 bits per heavy atom. The van der Waals surface area contributed by atoms with Gasteiger partial charge in [-0.2, -0.15) is 0 Å². The molecule has 0 N–H and O–H groups in total. The lowest BCUT2D eigenvalue weighted by Gasteiger charge is -2.06. The van der Waals surface area contributed by atoms with E-state index >= 15 is 0 Å². The van der Waals surface area contributed by atoms with Crippen molar-refractivity contribution in [1.82, 2.24) is 19.7 Å². The maximum Gasteiger partial charge on any atom is 0.276 e. The van der Waals surface area contributed by atoms with Crippen molar-refractivity contribution in [2.24, 2.45) is 0 Å². The van der Waals surface area contributed by atoms with Gasteiger partial charge < -0.3 is 4.42 Å². The van der Waals surface area contributed by atoms with Gasteiger partial charge in [0, 0.05) is 17.3 Å². The van der Waals surface area contributed by atoms with Crippen LogP contribution in [0.15, 0.2) is 63.2 Å². The molecule has 0 atom stereocenters. The van der Waals surface area contributed by atoms with E-state index in [2.05, 4.69) is 15.2 Å². The lowest BCUT2D eigenvalue weighted by molar-refractivity contribution is 0.420. The Morgan fingerprint density at radius 1 is 1.10 bits per heavy atom. The third-order valence-electron chi connectivity index (χ3n) is 4.72. The number of rotatable bonds is 8. The van der Waals surface area contributed by atoms with Crippen LogP contribution in [-0.2, 0) is 13.0 Å². The van der Waals surface area contributed by atoms with E-state index in [9.17, 15) is 4.79 Å². The first-order valence-corrected chi connectivity index (χ1v) is 11.1. The van der Waals surface area contributed by atoms with Gasteiger partial charge in [-0.05, 0) is 49.6 Å². The predicted octanol–water partition coefficient (Wildman–Crippen LogP) is 4.90. The van der Waals surface area contributed by atoms with E-state index in [0.29, 0.717) is 34.5 Å². The highest BCUT2D eigenvalue weighted by molar-refractivity contribution is 7.99. The number of aryl methyl sites for hydroxylation is 2. The smallest absolute Gasteiger partial charge is 0.276 e. The topological polar surface area (TPSA) is 73.8 Å². The number of hydrogen-bond donors (Lipinski definition) is 0. The van der Waals surface area contributed by atoms with Crippen molar-refractivity contribution in [3.05, 3.63) is 81.2 Å². The van der Waals surface area contributed by atoms with Gasteiger partial charge in [-0.1, -0.05) is 47.1 Å². The van der Waals surface area contributed by atoms with Crippen LogP contribution >= 0.6 is 23.4 Å². The average molecular weight is 441 g/mol. The second-order valence-corrected chi connectivity index (χ2v) is 8.57. The van der Waals surface area contributed by atoms with Gasteiger partial charge in [0.2, 0.25) is 5.89 Å². The highest BCUT2D eigenvalue weighted by Crippen LogP contribution is 2.20. The monoisotopic (exact) mass is 440 g/mol. The van der Waals surface area contributed by atoms with Crippen LogP contribution in [0.1, 0.15) is 29.9 Å². The predicted molar refractivity (Wildman–Crippen MR) is 119 cm³/mol. The van der Waals surface area contributed by atoms with Crippen LogP contribution in [0.4, 0.5) is 0 Å². The molecule has 8 heteroatoms. The minimum Gasteiger partial charge on any atom is -0.416 e. The van der Waals surface area contributed by atoms with E-state index < -0.39 is 0 Å². The number of fused-ring (bicyclic) bond motifs is 1. The number of thioether (sulfide) groups is 1. The Labute approximate surface area is 183 Å². The zero-order chi connectivity index (χ0) is 20.9. The molecule has 0 aliphatic carbocycles. The third-order valence-corrected chi connectivity index (χ3v) is 5.87. The fourth-order valence-corrected chi connectivity index (χ4v) is 4.02. The second kappa shape index (κ2) is 9.45. The molecule has 30 heavy (non-hydrogen) atoms. The molecule has 0 saturated heterocycles. The van der Waals surface area contributed by atoms with E-state index in [1.54, 1.807) is 10.9 Å². The lowest BCUT2D eigenvalue weighted by atomic mass is 10.1. The first kappa shape index (κ1) is 20.6. The summed E-state index contributed by atoms with van der Waals surface area (Å²) >= 11 is 7.44. The summed E-state index contributed by atoms with van der Waals surface area (Å²) in [5, 5.41) is 10.1. The summed E-state index contributed by atoms with van der Waals surface area (Å²) in [6.07, 6.45) is 4.02. The van der Waals surface area contributed by atoms with Gasteiger partial charge in [0.05, 0.1) is 23.7 Å². The van der Waals surface area contributed by atoms with E-state index in [1.165, 1.54) is 11.8 Å². The molecule has 154 valence electrons. The normalized spacial score (nSPS) is 11.3. The van der Waals surface area contributed by atoms with Gasteiger partial charge in [0.15, 0.2) is 0 Å². The summed E-state index contributed by atoms with van der Waals surface area (Å²) in [4.78, 5) is 17.0. The minimum absolute atomic E-state index is 0.0140. The molecule has 4 rings (SSSR count). The Hall–Kier alpha value is -2.64. The van der Waals surface area contributed by atoms with Gasteiger partial charge in [-0.15, -0.1) is 10.2 Å². The van der Waals surface area contributed by atoms with Crippen LogP contribution in [0.3, 0.4) is 0 Å². The molecule has 0 amide bonds. The third kappa shape index (κ3) is 5.09. The molecule has 0 spiro atoms. The number of halogens is 1. The van der Waals surface area contributed by atoms with Gasteiger partial charge in [-0.3, -0.25) is 9.36 Å². The van der Waals surface area contributed by atoms with Crippen LogP contribution in [0.2, 0.25) is 5.02 Å². The Kier molecular flexibility index (Phi) is 6.50. The maximum atomic E-state index is 12.6. The summed E-state index contributed by atoms with van der Waals surface area (Å²) < 4.78 is 7.39. The van der Waals surface area contributed by atoms with Crippen LogP contribution in [0.5, 0.6) is 0 Å². The largest absolute Gasteiger partial charge is 0.416 e. The highest BCUT2D eigenvalue weighted by atomic mass is 35.5. The van der Waals surface area contributed by atoms with Crippen LogP contribution in [0.25, 0.3) is 10.9 Å². The molecule has 0 unspecified atom stereocenters.